The van der Waals surface area contributed by atoms with E-state index in [4.69, 9.17) is 4.74 Å². The zero-order valence-electron chi connectivity index (χ0n) is 16.6. The number of piperidine rings is 1. The van der Waals surface area contributed by atoms with Crippen molar-refractivity contribution < 1.29 is 27.5 Å². The molecule has 0 aromatic heterocycles. The van der Waals surface area contributed by atoms with Crippen LogP contribution in [0.2, 0.25) is 0 Å². The minimum atomic E-state index is -1.59. The van der Waals surface area contributed by atoms with Crippen LogP contribution in [0.25, 0.3) is 0 Å². The van der Waals surface area contributed by atoms with Crippen molar-refractivity contribution in [2.45, 2.75) is 51.4 Å². The van der Waals surface area contributed by atoms with E-state index in [0.29, 0.717) is 0 Å². The van der Waals surface area contributed by atoms with Gasteiger partial charge in [-0.05, 0) is 44.9 Å². The summed E-state index contributed by atoms with van der Waals surface area (Å²) in [6.07, 6.45) is -0.366. The minimum Gasteiger partial charge on any atom is -0.444 e. The van der Waals surface area contributed by atoms with E-state index in [1.165, 1.54) is 11.1 Å². The van der Waals surface area contributed by atoms with Crippen molar-refractivity contribution >= 4 is 18.2 Å². The van der Waals surface area contributed by atoms with Crippen LogP contribution in [0.4, 0.5) is 18.0 Å². The summed E-state index contributed by atoms with van der Waals surface area (Å²) >= 11 is 0. The van der Waals surface area contributed by atoms with Crippen LogP contribution in [0.15, 0.2) is 23.3 Å². The number of ether oxygens (including phenoxy) is 1. The topological polar surface area (TPSA) is 62.2 Å². The number of nitrogens with zero attached hydrogens (tertiary/aromatic N) is 3. The molecular weight excluding hydrogens is 387 g/mol. The Labute approximate surface area is 167 Å². The Hall–Kier alpha value is -2.58. The zero-order chi connectivity index (χ0) is 21.3. The molecule has 6 nitrogen and oxygen atoms in total. The predicted molar refractivity (Wildman–Crippen MR) is 99.9 cm³/mol. The molecule has 0 N–H and O–H groups in total. The van der Waals surface area contributed by atoms with Gasteiger partial charge in [-0.25, -0.2) is 23.0 Å². The largest absolute Gasteiger partial charge is 0.444 e. The number of alkyl halides is 1. The van der Waals surface area contributed by atoms with Gasteiger partial charge in [-0.15, -0.1) is 0 Å². The summed E-state index contributed by atoms with van der Waals surface area (Å²) in [5, 5.41) is 5.10. The van der Waals surface area contributed by atoms with Gasteiger partial charge in [-0.2, -0.15) is 5.10 Å². The molecule has 158 valence electrons. The van der Waals surface area contributed by atoms with E-state index in [-0.39, 0.29) is 31.5 Å². The highest BCUT2D eigenvalue weighted by atomic mass is 19.1. The van der Waals surface area contributed by atoms with Gasteiger partial charge >= 0.3 is 6.09 Å². The SMILES string of the molecule is CC(C)(C)OC(=O)N1CC[C@H](C(=O)N2N=CC[C@H]2c2cc(F)cc(F)c2)[C@H](F)C1. The number of hydrogen-bond acceptors (Lipinski definition) is 4. The number of carbonyl (C=O) groups is 2. The molecule has 1 aromatic rings. The fourth-order valence-electron chi connectivity index (χ4n) is 3.52. The van der Waals surface area contributed by atoms with E-state index < -0.39 is 47.4 Å². The third kappa shape index (κ3) is 4.89. The van der Waals surface area contributed by atoms with Gasteiger partial charge in [0.05, 0.1) is 18.5 Å². The normalized spacial score (nSPS) is 24.7. The third-order valence-corrected chi connectivity index (χ3v) is 4.84. The standard InChI is InChI=1S/C20H24F3N3O3/c1-20(2,3)29-19(28)25-7-5-15(16(23)11-25)18(27)26-17(4-6-24-26)12-8-13(21)10-14(22)9-12/h6,8-10,15-17H,4-5,7,11H2,1-3H3/t15-,16+,17-/m0/s1. The molecule has 1 saturated heterocycles. The van der Waals surface area contributed by atoms with Gasteiger partial charge in [0, 0.05) is 25.2 Å². The number of halogens is 3. The zero-order valence-corrected chi connectivity index (χ0v) is 16.6. The lowest BCUT2D eigenvalue weighted by Crippen LogP contribution is -2.50. The molecule has 0 saturated carbocycles. The molecule has 2 amide bonds. The van der Waals surface area contributed by atoms with E-state index in [2.05, 4.69) is 5.10 Å². The molecule has 1 aromatic carbocycles. The molecule has 3 atom stereocenters. The number of benzene rings is 1. The second kappa shape index (κ2) is 8.04. The minimum absolute atomic E-state index is 0.107. The van der Waals surface area contributed by atoms with E-state index in [1.807, 2.05) is 0 Å². The van der Waals surface area contributed by atoms with Crippen LogP contribution >= 0.6 is 0 Å². The average molecular weight is 411 g/mol. The van der Waals surface area contributed by atoms with Crippen LogP contribution in [-0.4, -0.2) is 53.0 Å². The highest BCUT2D eigenvalue weighted by molar-refractivity contribution is 5.83. The average Bonchev–Trinajstić information content (AvgIpc) is 3.08. The molecular formula is C20H24F3N3O3. The molecule has 0 bridgehead atoms. The van der Waals surface area contributed by atoms with Crippen molar-refractivity contribution in [3.8, 4) is 0 Å². The smallest absolute Gasteiger partial charge is 0.410 e. The molecule has 3 rings (SSSR count). The predicted octanol–water partition coefficient (Wildman–Crippen LogP) is 3.82. The number of likely N-dealkylation sites (tertiary alicyclic amines) is 1. The van der Waals surface area contributed by atoms with Gasteiger partial charge in [-0.1, -0.05) is 0 Å². The highest BCUT2D eigenvalue weighted by Gasteiger charge is 2.42. The van der Waals surface area contributed by atoms with E-state index in [1.54, 1.807) is 20.8 Å². The van der Waals surface area contributed by atoms with E-state index in [9.17, 15) is 22.8 Å². The van der Waals surface area contributed by atoms with Crippen LogP contribution < -0.4 is 0 Å². The molecule has 1 fully saturated rings. The maximum atomic E-state index is 14.8. The Kier molecular flexibility index (Phi) is 5.86. The quantitative estimate of drug-likeness (QED) is 0.743. The molecule has 0 aliphatic carbocycles. The monoisotopic (exact) mass is 411 g/mol. The summed E-state index contributed by atoms with van der Waals surface area (Å²) in [4.78, 5) is 26.3. The van der Waals surface area contributed by atoms with Crippen LogP contribution in [0, 0.1) is 17.6 Å². The first-order valence-electron chi connectivity index (χ1n) is 9.48. The Balaban J connectivity index is 1.68. The second-order valence-electron chi connectivity index (χ2n) is 8.27. The summed E-state index contributed by atoms with van der Waals surface area (Å²) in [7, 11) is 0. The lowest BCUT2D eigenvalue weighted by molar-refractivity contribution is -0.141. The first kappa shape index (κ1) is 21.1. The molecule has 2 heterocycles. The number of hydrogen-bond donors (Lipinski definition) is 0. The lowest BCUT2D eigenvalue weighted by Gasteiger charge is -2.36. The van der Waals surface area contributed by atoms with E-state index >= 15 is 0 Å². The van der Waals surface area contributed by atoms with Crippen molar-refractivity contribution in [1.82, 2.24) is 9.91 Å². The second-order valence-corrected chi connectivity index (χ2v) is 8.27. The number of rotatable bonds is 2. The molecule has 2 aliphatic rings. The molecule has 0 radical (unpaired) electrons. The summed E-state index contributed by atoms with van der Waals surface area (Å²) in [5.41, 5.74) is -0.442. The van der Waals surface area contributed by atoms with Crippen LogP contribution in [-0.2, 0) is 9.53 Å². The molecule has 0 unspecified atom stereocenters. The molecule has 29 heavy (non-hydrogen) atoms. The summed E-state index contributed by atoms with van der Waals surface area (Å²) < 4.78 is 47.2. The van der Waals surface area contributed by atoms with Gasteiger partial charge < -0.3 is 9.64 Å². The van der Waals surface area contributed by atoms with Crippen LogP contribution in [0.3, 0.4) is 0 Å². The molecule has 0 spiro atoms. The summed E-state index contributed by atoms with van der Waals surface area (Å²) in [5.74, 6) is -3.07. The number of amides is 2. The first-order valence-corrected chi connectivity index (χ1v) is 9.48. The fraction of sp³-hybridized carbons (Fsp3) is 0.550. The van der Waals surface area contributed by atoms with Crippen molar-refractivity contribution in [2.75, 3.05) is 13.1 Å². The van der Waals surface area contributed by atoms with Crippen molar-refractivity contribution in [2.24, 2.45) is 11.0 Å². The number of carbonyl (C=O) groups excluding carboxylic acids is 2. The van der Waals surface area contributed by atoms with Gasteiger partial charge in [0.1, 0.15) is 23.4 Å². The summed E-state index contributed by atoms with van der Waals surface area (Å²) in [6, 6.07) is 2.33. The highest BCUT2D eigenvalue weighted by Crippen LogP contribution is 2.33. The Morgan fingerprint density at radius 3 is 2.41 bits per heavy atom. The first-order chi connectivity index (χ1) is 13.5. The van der Waals surface area contributed by atoms with Gasteiger partial charge in [0.2, 0.25) is 5.91 Å². The fourth-order valence-corrected chi connectivity index (χ4v) is 3.52. The summed E-state index contributed by atoms with van der Waals surface area (Å²) in [6.45, 7) is 5.06. The van der Waals surface area contributed by atoms with E-state index in [0.717, 1.165) is 23.2 Å². The van der Waals surface area contributed by atoms with Crippen LogP contribution in [0.5, 0.6) is 0 Å². The Morgan fingerprint density at radius 2 is 1.83 bits per heavy atom. The lowest BCUT2D eigenvalue weighted by atomic mass is 9.93. The van der Waals surface area contributed by atoms with Gasteiger partial charge in [0.25, 0.3) is 0 Å². The molecule has 2 aliphatic heterocycles. The maximum absolute atomic E-state index is 14.8. The van der Waals surface area contributed by atoms with Crippen molar-refractivity contribution in [1.29, 1.82) is 0 Å². The molecule has 9 heteroatoms. The van der Waals surface area contributed by atoms with Gasteiger partial charge in [0.15, 0.2) is 0 Å². The van der Waals surface area contributed by atoms with Crippen molar-refractivity contribution in [3.63, 3.8) is 0 Å². The Bertz CT molecular complexity index is 805. The van der Waals surface area contributed by atoms with Crippen molar-refractivity contribution in [3.05, 3.63) is 35.4 Å². The Morgan fingerprint density at radius 1 is 1.17 bits per heavy atom. The van der Waals surface area contributed by atoms with Gasteiger partial charge in [-0.3, -0.25) is 4.79 Å². The van der Waals surface area contributed by atoms with Crippen LogP contribution in [0.1, 0.15) is 45.2 Å². The number of hydrazone groups is 1. The maximum Gasteiger partial charge on any atom is 0.410 e. The third-order valence-electron chi connectivity index (χ3n) is 4.84.